The summed E-state index contributed by atoms with van der Waals surface area (Å²) in [6, 6.07) is 12.1. The summed E-state index contributed by atoms with van der Waals surface area (Å²) in [4.78, 5) is 35.5. The average molecular weight is 806 g/mol. The molecule has 2 bridgehead atoms. The summed E-state index contributed by atoms with van der Waals surface area (Å²) in [6.45, 7) is 15.5. The zero-order chi connectivity index (χ0) is 40.6. The van der Waals surface area contributed by atoms with Crippen molar-refractivity contribution in [1.29, 1.82) is 0 Å². The van der Waals surface area contributed by atoms with Crippen molar-refractivity contribution < 1.29 is 23.6 Å². The molecule has 4 aliphatic heterocycles. The summed E-state index contributed by atoms with van der Waals surface area (Å²) in [7, 11) is 0. The van der Waals surface area contributed by atoms with Crippen molar-refractivity contribution in [1.82, 2.24) is 35.2 Å². The number of halogens is 1. The van der Waals surface area contributed by atoms with Crippen molar-refractivity contribution in [2.75, 3.05) is 81.9 Å². The van der Waals surface area contributed by atoms with Crippen molar-refractivity contribution in [3.8, 4) is 23.0 Å². The van der Waals surface area contributed by atoms with Crippen molar-refractivity contribution >= 4 is 39.6 Å². The molecule has 0 radical (unpaired) electrons. The van der Waals surface area contributed by atoms with Crippen molar-refractivity contribution in [3.05, 3.63) is 59.7 Å². The second kappa shape index (κ2) is 17.0. The number of nitrogens with zero attached hydrogens (tertiary/aromatic N) is 8. The van der Waals surface area contributed by atoms with Crippen LogP contribution in [0.5, 0.6) is 11.8 Å². The van der Waals surface area contributed by atoms with E-state index in [1.54, 1.807) is 18.3 Å². The van der Waals surface area contributed by atoms with Gasteiger partial charge in [0.2, 0.25) is 0 Å². The predicted octanol–water partition coefficient (Wildman–Crippen LogP) is 6.03. The molecule has 0 amide bonds. The molecule has 4 saturated heterocycles. The fourth-order valence-electron chi connectivity index (χ4n) is 9.89. The standard InChI is InChI=1S/C45H56FN9O4/c1-4-30-8-5-9-31-19-34(57)20-35(40(30)31)42-41(46)43-36(22-47-42)44(55-25-32-10-11-33(26-55)48-32)50-45(49-43)58-18-17-52-12-6-7-29(23-52)24-53-13-15-54(16-14-53)39-21-38(59-51-39)37(27-56)28(2)3/h5,8-9,19-22,27-29,32-33,37,48,57H,4,6-7,10-18,23-26H2,1-3H3/t29-,32?,33?,37?/m1/s1. The zero-order valence-electron chi connectivity index (χ0n) is 34.4. The second-order valence-corrected chi connectivity index (χ2v) is 17.4. The van der Waals surface area contributed by atoms with E-state index in [0.717, 1.165) is 120 Å². The number of carbonyl (C=O) groups excluding carboxylic acids is 1. The Labute approximate surface area is 344 Å². The molecule has 13 nitrogen and oxygen atoms in total. The van der Waals surface area contributed by atoms with E-state index in [-0.39, 0.29) is 34.8 Å². The van der Waals surface area contributed by atoms with Gasteiger partial charge in [0.25, 0.3) is 0 Å². The summed E-state index contributed by atoms with van der Waals surface area (Å²) in [6.07, 6.45) is 7.93. The van der Waals surface area contributed by atoms with Gasteiger partial charge >= 0.3 is 6.01 Å². The van der Waals surface area contributed by atoms with Gasteiger partial charge in [-0.05, 0) is 79.0 Å². The first kappa shape index (κ1) is 39.5. The van der Waals surface area contributed by atoms with Crippen LogP contribution in [0.15, 0.2) is 47.1 Å². The predicted molar refractivity (Wildman–Crippen MR) is 227 cm³/mol. The molecular weight excluding hydrogens is 750 g/mol. The molecule has 2 aromatic carbocycles. The maximum Gasteiger partial charge on any atom is 0.319 e. The first-order chi connectivity index (χ1) is 28.7. The van der Waals surface area contributed by atoms with Gasteiger partial charge in [-0.2, -0.15) is 9.97 Å². The third-order valence-corrected chi connectivity index (χ3v) is 13.0. The number of phenols is 1. The normalized spacial score (nSPS) is 22.2. The highest BCUT2D eigenvalue weighted by molar-refractivity contribution is 6.01. The lowest BCUT2D eigenvalue weighted by atomic mass is 9.95. The fourth-order valence-corrected chi connectivity index (χ4v) is 9.89. The van der Waals surface area contributed by atoms with Crippen LogP contribution in [0, 0.1) is 17.7 Å². The number of fused-ring (bicyclic) bond motifs is 4. The average Bonchev–Trinajstić information content (AvgIpc) is 3.86. The van der Waals surface area contributed by atoms with Crippen molar-refractivity contribution in [3.63, 3.8) is 0 Å². The molecule has 59 heavy (non-hydrogen) atoms. The number of hydrogen-bond acceptors (Lipinski definition) is 13. The summed E-state index contributed by atoms with van der Waals surface area (Å²) in [5.74, 6) is 2.06. The van der Waals surface area contributed by atoms with Gasteiger partial charge in [0.05, 0.1) is 11.3 Å². The number of piperazine rings is 2. The topological polar surface area (TPSA) is 136 Å². The Balaban J connectivity index is 0.884. The van der Waals surface area contributed by atoms with Crippen LogP contribution in [0.2, 0.25) is 0 Å². The molecule has 0 aliphatic carbocycles. The van der Waals surface area contributed by atoms with E-state index < -0.39 is 5.82 Å². The van der Waals surface area contributed by atoms with E-state index in [2.05, 4.69) is 37.0 Å². The van der Waals surface area contributed by atoms with E-state index in [1.165, 1.54) is 6.42 Å². The molecule has 14 heteroatoms. The molecule has 0 spiro atoms. The van der Waals surface area contributed by atoms with Crippen molar-refractivity contribution in [2.45, 2.75) is 70.9 Å². The zero-order valence-corrected chi connectivity index (χ0v) is 34.4. The minimum Gasteiger partial charge on any atom is -0.508 e. The monoisotopic (exact) mass is 805 g/mol. The highest BCUT2D eigenvalue weighted by Gasteiger charge is 2.35. The maximum atomic E-state index is 17.0. The number of anilines is 2. The number of aryl methyl sites for hydroxylation is 1. The van der Waals surface area contributed by atoms with Crippen LogP contribution in [0.4, 0.5) is 16.0 Å². The number of rotatable bonds is 13. The van der Waals surface area contributed by atoms with E-state index in [9.17, 15) is 9.90 Å². The number of nitrogens with one attached hydrogen (secondary N) is 1. The molecule has 312 valence electrons. The van der Waals surface area contributed by atoms with Gasteiger partial charge in [0.15, 0.2) is 11.6 Å². The molecule has 5 aromatic rings. The molecule has 3 unspecified atom stereocenters. The molecule has 9 rings (SSSR count). The summed E-state index contributed by atoms with van der Waals surface area (Å²) in [5, 5.41) is 21.0. The number of phenolic OH excluding ortho intramolecular Hbond substituents is 1. The molecule has 4 fully saturated rings. The minimum absolute atomic E-state index is 0.0577. The number of pyridine rings is 1. The van der Waals surface area contributed by atoms with Gasteiger partial charge in [-0.1, -0.05) is 44.1 Å². The third-order valence-electron chi connectivity index (χ3n) is 13.0. The number of likely N-dealkylation sites (tertiary alicyclic amines) is 1. The van der Waals surface area contributed by atoms with Gasteiger partial charge in [-0.25, -0.2) is 4.39 Å². The molecule has 0 saturated carbocycles. The van der Waals surface area contributed by atoms with Crippen LogP contribution in [0.1, 0.15) is 63.7 Å². The van der Waals surface area contributed by atoms with Crippen molar-refractivity contribution in [2.24, 2.45) is 11.8 Å². The number of ether oxygens (including phenoxy) is 1. The van der Waals surface area contributed by atoms with Gasteiger partial charge in [-0.15, -0.1) is 0 Å². The molecule has 2 N–H and O–H groups in total. The number of benzene rings is 2. The van der Waals surface area contributed by atoms with Crippen LogP contribution in [-0.4, -0.2) is 125 Å². The number of aromatic nitrogens is 4. The number of aldehydes is 1. The summed E-state index contributed by atoms with van der Waals surface area (Å²) < 4.78 is 28.9. The van der Waals surface area contributed by atoms with Crippen LogP contribution in [-0.2, 0) is 11.2 Å². The lowest BCUT2D eigenvalue weighted by Crippen LogP contribution is -2.51. The van der Waals surface area contributed by atoms with Gasteiger partial charge in [0.1, 0.15) is 41.4 Å². The van der Waals surface area contributed by atoms with Gasteiger partial charge in [0, 0.05) is 88.8 Å². The SMILES string of the molecule is CCc1cccc2cc(O)cc(-c3ncc4c(N5CC6CCC(C5)N6)nc(OCCN5CCC[C@@H](CN6CCN(c7cc(C(C=O)C(C)C)on7)CC6)C5)nc4c3F)c12. The number of aromatic hydroxyl groups is 1. The fraction of sp³-hybridized carbons (Fsp3) is 0.533. The Kier molecular flexibility index (Phi) is 11.4. The van der Waals surface area contributed by atoms with Gasteiger partial charge in [-0.3, -0.25) is 14.8 Å². The van der Waals surface area contributed by atoms with Crippen LogP contribution < -0.4 is 19.9 Å². The molecule has 4 aliphatic rings. The lowest BCUT2D eigenvalue weighted by Gasteiger charge is -2.39. The Morgan fingerprint density at radius 1 is 1.00 bits per heavy atom. The number of hydrogen-bond donors (Lipinski definition) is 2. The first-order valence-electron chi connectivity index (χ1n) is 21.6. The van der Waals surface area contributed by atoms with E-state index >= 15 is 4.39 Å². The van der Waals surface area contributed by atoms with Crippen LogP contribution in [0.3, 0.4) is 0 Å². The second-order valence-electron chi connectivity index (χ2n) is 17.4. The minimum atomic E-state index is -0.546. The Morgan fingerprint density at radius 3 is 2.58 bits per heavy atom. The Hall–Kier alpha value is -4.92. The third kappa shape index (κ3) is 8.18. The highest BCUT2D eigenvalue weighted by atomic mass is 19.1. The summed E-state index contributed by atoms with van der Waals surface area (Å²) in [5.41, 5.74) is 1.92. The largest absolute Gasteiger partial charge is 0.508 e. The van der Waals surface area contributed by atoms with Gasteiger partial charge < -0.3 is 34.3 Å². The highest BCUT2D eigenvalue weighted by Crippen LogP contribution is 2.39. The summed E-state index contributed by atoms with van der Waals surface area (Å²) >= 11 is 0. The molecular formula is C45H56FN9O4. The molecule has 3 aromatic heterocycles. The first-order valence-corrected chi connectivity index (χ1v) is 21.6. The molecule has 7 heterocycles. The van der Waals surface area contributed by atoms with Crippen LogP contribution in [0.25, 0.3) is 32.9 Å². The Morgan fingerprint density at radius 2 is 1.81 bits per heavy atom. The van der Waals surface area contributed by atoms with E-state index in [1.807, 2.05) is 38.1 Å². The quantitative estimate of drug-likeness (QED) is 0.134. The maximum absolute atomic E-state index is 17.0. The van der Waals surface area contributed by atoms with E-state index in [0.29, 0.717) is 47.1 Å². The molecule has 4 atom stereocenters. The number of carbonyl (C=O) groups is 1. The number of piperidine rings is 1. The van der Waals surface area contributed by atoms with E-state index in [4.69, 9.17) is 24.2 Å². The lowest BCUT2D eigenvalue weighted by molar-refractivity contribution is -0.110. The Bertz CT molecular complexity index is 2280. The van der Waals surface area contributed by atoms with Crippen LogP contribution >= 0.6 is 0 Å². The smallest absolute Gasteiger partial charge is 0.319 e.